The molecule has 7 heteroatoms. The summed E-state index contributed by atoms with van der Waals surface area (Å²) < 4.78 is 8.47. The van der Waals surface area contributed by atoms with E-state index in [0.717, 1.165) is 0 Å². The standard InChI is InChI=1S/C7H12N2O5/c1-3(2)4(13-6(8)11)5(10)14-7(9)12/h3-4H,1-2H3,(H2,8,11)(H2,9,12). The molecule has 0 saturated heterocycles. The Labute approximate surface area is 80.3 Å². The van der Waals surface area contributed by atoms with Crippen LogP contribution in [0.3, 0.4) is 0 Å². The number of primary amides is 2. The first-order valence-corrected chi connectivity index (χ1v) is 3.81. The van der Waals surface area contributed by atoms with Gasteiger partial charge in [0.05, 0.1) is 0 Å². The van der Waals surface area contributed by atoms with E-state index in [1.165, 1.54) is 0 Å². The number of rotatable bonds is 3. The first-order valence-electron chi connectivity index (χ1n) is 3.81. The van der Waals surface area contributed by atoms with E-state index in [0.29, 0.717) is 0 Å². The molecule has 1 atom stereocenters. The van der Waals surface area contributed by atoms with Gasteiger partial charge in [-0.05, 0) is 0 Å². The topological polar surface area (TPSA) is 122 Å². The third-order valence-electron chi connectivity index (χ3n) is 1.28. The van der Waals surface area contributed by atoms with E-state index >= 15 is 0 Å². The Kier molecular flexibility index (Phi) is 4.41. The number of nitrogens with two attached hydrogens (primary N) is 2. The van der Waals surface area contributed by atoms with Crippen LogP contribution in [0.15, 0.2) is 0 Å². The Morgan fingerprint density at radius 2 is 1.57 bits per heavy atom. The van der Waals surface area contributed by atoms with E-state index < -0.39 is 24.3 Å². The van der Waals surface area contributed by atoms with Crippen molar-refractivity contribution >= 4 is 18.2 Å². The molecular formula is C7H12N2O5. The number of amides is 2. The number of ether oxygens (including phenoxy) is 2. The summed E-state index contributed by atoms with van der Waals surface area (Å²) in [5, 5.41) is 0. The van der Waals surface area contributed by atoms with Gasteiger partial charge in [0.1, 0.15) is 0 Å². The first kappa shape index (κ1) is 12.2. The molecule has 0 aromatic rings. The maximum atomic E-state index is 11.1. The second-order valence-corrected chi connectivity index (χ2v) is 2.84. The lowest BCUT2D eigenvalue weighted by molar-refractivity contribution is -0.148. The van der Waals surface area contributed by atoms with Gasteiger partial charge < -0.3 is 20.9 Å². The number of carbonyl (C=O) groups excluding carboxylic acids is 3. The molecule has 0 aliphatic rings. The first-order chi connectivity index (χ1) is 6.34. The highest BCUT2D eigenvalue weighted by Gasteiger charge is 2.28. The van der Waals surface area contributed by atoms with Crippen molar-refractivity contribution in [2.45, 2.75) is 20.0 Å². The van der Waals surface area contributed by atoms with Crippen molar-refractivity contribution in [3.63, 3.8) is 0 Å². The van der Waals surface area contributed by atoms with E-state index in [2.05, 4.69) is 15.2 Å². The minimum atomic E-state index is -1.26. The Morgan fingerprint density at radius 3 is 1.86 bits per heavy atom. The van der Waals surface area contributed by atoms with Crippen LogP contribution in [0.1, 0.15) is 13.8 Å². The van der Waals surface area contributed by atoms with Gasteiger partial charge in [-0.2, -0.15) is 0 Å². The summed E-state index contributed by atoms with van der Waals surface area (Å²) in [5.41, 5.74) is 9.32. The minimum absolute atomic E-state index is 0.366. The van der Waals surface area contributed by atoms with Crippen LogP contribution in [0.4, 0.5) is 9.59 Å². The summed E-state index contributed by atoms with van der Waals surface area (Å²) in [4.78, 5) is 31.7. The quantitative estimate of drug-likeness (QED) is 0.484. The van der Waals surface area contributed by atoms with Gasteiger partial charge in [0, 0.05) is 5.92 Å². The Balaban J connectivity index is 4.41. The molecule has 0 spiro atoms. The summed E-state index contributed by atoms with van der Waals surface area (Å²) in [6, 6.07) is 0. The maximum absolute atomic E-state index is 11.1. The second kappa shape index (κ2) is 5.05. The normalized spacial score (nSPS) is 11.9. The van der Waals surface area contributed by atoms with Crippen LogP contribution < -0.4 is 11.5 Å². The van der Waals surface area contributed by atoms with Crippen LogP contribution in [0.25, 0.3) is 0 Å². The van der Waals surface area contributed by atoms with Gasteiger partial charge in [0.25, 0.3) is 0 Å². The van der Waals surface area contributed by atoms with Crippen molar-refractivity contribution in [3.8, 4) is 0 Å². The van der Waals surface area contributed by atoms with E-state index in [9.17, 15) is 14.4 Å². The smallest absolute Gasteiger partial charge is 0.412 e. The van der Waals surface area contributed by atoms with Crippen LogP contribution in [0, 0.1) is 5.92 Å². The molecule has 0 fully saturated rings. The monoisotopic (exact) mass is 204 g/mol. The zero-order valence-electron chi connectivity index (χ0n) is 7.85. The van der Waals surface area contributed by atoms with E-state index in [1.807, 2.05) is 0 Å². The van der Waals surface area contributed by atoms with Crippen molar-refractivity contribution in [1.29, 1.82) is 0 Å². The summed E-state index contributed by atoms with van der Waals surface area (Å²) in [6.07, 6.45) is -3.60. The van der Waals surface area contributed by atoms with Crippen molar-refractivity contribution < 1.29 is 23.9 Å². The third-order valence-corrected chi connectivity index (χ3v) is 1.28. The van der Waals surface area contributed by atoms with E-state index in [4.69, 9.17) is 5.73 Å². The number of hydrogen-bond donors (Lipinski definition) is 2. The van der Waals surface area contributed by atoms with Crippen LogP contribution in [-0.2, 0) is 14.3 Å². The zero-order chi connectivity index (χ0) is 11.3. The van der Waals surface area contributed by atoms with Gasteiger partial charge in [-0.15, -0.1) is 0 Å². The van der Waals surface area contributed by atoms with E-state index in [1.54, 1.807) is 13.8 Å². The molecule has 14 heavy (non-hydrogen) atoms. The Hall–Kier alpha value is -1.79. The van der Waals surface area contributed by atoms with Crippen molar-refractivity contribution in [3.05, 3.63) is 0 Å². The summed E-state index contributed by atoms with van der Waals surface area (Å²) in [5.74, 6) is -1.40. The SMILES string of the molecule is CC(C)C(OC(N)=O)C(=O)OC(N)=O. The molecule has 0 radical (unpaired) electrons. The molecule has 1 unspecified atom stereocenters. The highest BCUT2D eigenvalue weighted by Crippen LogP contribution is 2.08. The molecule has 0 rings (SSSR count). The van der Waals surface area contributed by atoms with Crippen LogP contribution in [-0.4, -0.2) is 24.3 Å². The average molecular weight is 204 g/mol. The van der Waals surface area contributed by atoms with Crippen LogP contribution in [0.2, 0.25) is 0 Å². The summed E-state index contributed by atoms with van der Waals surface area (Å²) >= 11 is 0. The highest BCUT2D eigenvalue weighted by molar-refractivity contribution is 5.87. The lowest BCUT2D eigenvalue weighted by Crippen LogP contribution is -2.37. The number of esters is 1. The fraction of sp³-hybridized carbons (Fsp3) is 0.571. The number of hydrogen-bond acceptors (Lipinski definition) is 5. The molecule has 2 amide bonds. The fourth-order valence-corrected chi connectivity index (χ4v) is 0.739. The average Bonchev–Trinajstić information content (AvgIpc) is 1.97. The molecule has 4 N–H and O–H groups in total. The molecule has 0 aliphatic heterocycles. The lowest BCUT2D eigenvalue weighted by Gasteiger charge is -2.16. The molecule has 0 saturated carbocycles. The van der Waals surface area contributed by atoms with Gasteiger partial charge in [-0.3, -0.25) is 0 Å². The van der Waals surface area contributed by atoms with Crippen molar-refractivity contribution in [2.24, 2.45) is 17.4 Å². The molecule has 7 nitrogen and oxygen atoms in total. The second-order valence-electron chi connectivity index (χ2n) is 2.84. The molecule has 0 heterocycles. The van der Waals surface area contributed by atoms with Gasteiger partial charge in [0.15, 0.2) is 0 Å². The third kappa shape index (κ3) is 4.29. The lowest BCUT2D eigenvalue weighted by atomic mass is 10.1. The highest BCUT2D eigenvalue weighted by atomic mass is 16.6. The molecule has 80 valence electrons. The van der Waals surface area contributed by atoms with Gasteiger partial charge in [-0.1, -0.05) is 13.8 Å². The molecule has 0 aromatic carbocycles. The number of carbonyl (C=O) groups is 3. The Morgan fingerprint density at radius 1 is 1.07 bits per heavy atom. The molecule has 0 aliphatic carbocycles. The van der Waals surface area contributed by atoms with Crippen molar-refractivity contribution in [1.82, 2.24) is 0 Å². The largest absolute Gasteiger partial charge is 0.434 e. The zero-order valence-corrected chi connectivity index (χ0v) is 7.85. The van der Waals surface area contributed by atoms with Crippen molar-refractivity contribution in [2.75, 3.05) is 0 Å². The maximum Gasteiger partial charge on any atom is 0.412 e. The molecule has 0 aromatic heterocycles. The molecular weight excluding hydrogens is 192 g/mol. The minimum Gasteiger partial charge on any atom is -0.434 e. The van der Waals surface area contributed by atoms with Crippen LogP contribution in [0.5, 0.6) is 0 Å². The fourth-order valence-electron chi connectivity index (χ4n) is 0.739. The van der Waals surface area contributed by atoms with Crippen LogP contribution >= 0.6 is 0 Å². The van der Waals surface area contributed by atoms with Gasteiger partial charge >= 0.3 is 18.2 Å². The summed E-state index contributed by atoms with van der Waals surface area (Å²) in [7, 11) is 0. The molecule has 0 bridgehead atoms. The summed E-state index contributed by atoms with van der Waals surface area (Å²) in [6.45, 7) is 3.19. The predicted octanol–water partition coefficient (Wildman–Crippen LogP) is -0.272. The van der Waals surface area contributed by atoms with Gasteiger partial charge in [0.2, 0.25) is 6.10 Å². The Bertz CT molecular complexity index is 250. The predicted molar refractivity (Wildman–Crippen MR) is 45.0 cm³/mol. The van der Waals surface area contributed by atoms with Gasteiger partial charge in [-0.25, -0.2) is 14.4 Å². The van der Waals surface area contributed by atoms with E-state index in [-0.39, 0.29) is 5.92 Å².